The summed E-state index contributed by atoms with van der Waals surface area (Å²) in [5, 5.41) is 2.66. The van der Waals surface area contributed by atoms with Gasteiger partial charge in [0, 0.05) is 45.9 Å². The maximum absolute atomic E-state index is 5.85. The third kappa shape index (κ3) is 2.42. The number of halogens is 1. The van der Waals surface area contributed by atoms with E-state index in [1.165, 1.54) is 47.7 Å². The Morgan fingerprint density at radius 1 is 1.18 bits per heavy atom. The molecule has 116 valence electrons. The average molecular weight is 360 g/mol. The van der Waals surface area contributed by atoms with E-state index in [9.17, 15) is 0 Å². The van der Waals surface area contributed by atoms with Crippen molar-refractivity contribution < 1.29 is 0 Å². The van der Waals surface area contributed by atoms with Gasteiger partial charge in [0.15, 0.2) is 0 Å². The van der Waals surface area contributed by atoms with Crippen molar-refractivity contribution in [2.24, 2.45) is 11.7 Å². The molecule has 3 nitrogen and oxygen atoms in total. The smallest absolute Gasteiger partial charge is 0.0463 e. The van der Waals surface area contributed by atoms with Crippen molar-refractivity contribution in [3.63, 3.8) is 0 Å². The molecule has 0 amide bonds. The molecule has 1 aromatic carbocycles. The summed E-state index contributed by atoms with van der Waals surface area (Å²) in [7, 11) is 0. The fourth-order valence-electron chi connectivity index (χ4n) is 4.19. The Kier molecular flexibility index (Phi) is 3.82. The fourth-order valence-corrected chi connectivity index (χ4v) is 4.65. The lowest BCUT2D eigenvalue weighted by Gasteiger charge is -2.41. The number of hydrogen-bond donors (Lipinski definition) is 1. The molecule has 4 rings (SSSR count). The van der Waals surface area contributed by atoms with E-state index in [1.54, 1.807) is 0 Å². The number of anilines is 1. The molecule has 22 heavy (non-hydrogen) atoms. The predicted molar refractivity (Wildman–Crippen MR) is 95.3 cm³/mol. The molecule has 2 N–H and O–H groups in total. The van der Waals surface area contributed by atoms with E-state index in [0.29, 0.717) is 6.04 Å². The standard InChI is InChI=1S/C18H22BrN3/c19-15-7-14-11-21-10-13-5-6-22(17(8-15)18(13)14)16-3-1-12(9-20)2-4-16/h7-8,10-12,16H,1-6,9,20H2. The molecule has 0 atom stereocenters. The van der Waals surface area contributed by atoms with Gasteiger partial charge in [-0.2, -0.15) is 0 Å². The van der Waals surface area contributed by atoms with Gasteiger partial charge in [0.25, 0.3) is 0 Å². The minimum atomic E-state index is 0.668. The summed E-state index contributed by atoms with van der Waals surface area (Å²) in [5.41, 5.74) is 8.63. The Hall–Kier alpha value is -1.13. The Balaban J connectivity index is 1.72. The molecule has 0 bridgehead atoms. The van der Waals surface area contributed by atoms with Crippen LogP contribution in [0.5, 0.6) is 0 Å². The Labute approximate surface area is 140 Å². The number of benzene rings is 1. The van der Waals surface area contributed by atoms with Crippen LogP contribution in [0.2, 0.25) is 0 Å². The minimum absolute atomic E-state index is 0.668. The molecule has 2 aromatic rings. The van der Waals surface area contributed by atoms with Gasteiger partial charge in [-0.05, 0) is 62.3 Å². The third-order valence-corrected chi connectivity index (χ3v) is 5.86. The molecule has 2 heterocycles. The number of rotatable bonds is 2. The highest BCUT2D eigenvalue weighted by Crippen LogP contribution is 2.40. The monoisotopic (exact) mass is 359 g/mol. The van der Waals surface area contributed by atoms with Gasteiger partial charge in [-0.1, -0.05) is 15.9 Å². The largest absolute Gasteiger partial charge is 0.368 e. The minimum Gasteiger partial charge on any atom is -0.368 e. The number of pyridine rings is 1. The number of aromatic nitrogens is 1. The molecule has 0 unspecified atom stereocenters. The molecule has 1 aliphatic heterocycles. The van der Waals surface area contributed by atoms with Crippen LogP contribution in [0.15, 0.2) is 29.0 Å². The van der Waals surface area contributed by atoms with Gasteiger partial charge in [0.2, 0.25) is 0 Å². The van der Waals surface area contributed by atoms with Gasteiger partial charge in [0.05, 0.1) is 0 Å². The zero-order valence-corrected chi connectivity index (χ0v) is 14.3. The summed E-state index contributed by atoms with van der Waals surface area (Å²) in [5.74, 6) is 0.736. The van der Waals surface area contributed by atoms with E-state index in [1.807, 2.05) is 12.4 Å². The molecule has 0 saturated heterocycles. The molecule has 1 saturated carbocycles. The first-order chi connectivity index (χ1) is 10.8. The fraction of sp³-hybridized carbons (Fsp3) is 0.500. The second-order valence-corrected chi connectivity index (χ2v) is 7.59. The van der Waals surface area contributed by atoms with Crippen LogP contribution in [0, 0.1) is 5.92 Å². The van der Waals surface area contributed by atoms with Gasteiger partial charge in [-0.15, -0.1) is 0 Å². The summed E-state index contributed by atoms with van der Waals surface area (Å²) in [4.78, 5) is 7.05. The predicted octanol–water partition coefficient (Wildman–Crippen LogP) is 3.88. The summed E-state index contributed by atoms with van der Waals surface area (Å²) in [6.07, 6.45) is 10.2. The topological polar surface area (TPSA) is 42.1 Å². The lowest BCUT2D eigenvalue weighted by molar-refractivity contribution is 0.320. The summed E-state index contributed by atoms with van der Waals surface area (Å²) >= 11 is 3.67. The van der Waals surface area contributed by atoms with Crippen molar-refractivity contribution in [1.82, 2.24) is 4.98 Å². The van der Waals surface area contributed by atoms with E-state index in [2.05, 4.69) is 37.9 Å². The van der Waals surface area contributed by atoms with Gasteiger partial charge in [-0.3, -0.25) is 4.98 Å². The van der Waals surface area contributed by atoms with Crippen molar-refractivity contribution in [1.29, 1.82) is 0 Å². The third-order valence-electron chi connectivity index (χ3n) is 5.40. The first-order valence-electron chi connectivity index (χ1n) is 8.29. The van der Waals surface area contributed by atoms with Crippen molar-refractivity contribution >= 4 is 32.4 Å². The van der Waals surface area contributed by atoms with Crippen LogP contribution in [0.1, 0.15) is 31.2 Å². The van der Waals surface area contributed by atoms with Crippen molar-refractivity contribution in [2.75, 3.05) is 18.0 Å². The van der Waals surface area contributed by atoms with Crippen LogP contribution in [-0.4, -0.2) is 24.1 Å². The zero-order valence-electron chi connectivity index (χ0n) is 12.8. The normalized spacial score (nSPS) is 24.7. The van der Waals surface area contributed by atoms with Crippen molar-refractivity contribution in [3.8, 4) is 0 Å². The van der Waals surface area contributed by atoms with E-state index in [4.69, 9.17) is 5.73 Å². The van der Waals surface area contributed by atoms with Gasteiger partial charge in [0.1, 0.15) is 0 Å². The zero-order chi connectivity index (χ0) is 15.1. The highest BCUT2D eigenvalue weighted by atomic mass is 79.9. The van der Waals surface area contributed by atoms with Gasteiger partial charge < -0.3 is 10.6 Å². The van der Waals surface area contributed by atoms with Crippen LogP contribution in [0.4, 0.5) is 5.69 Å². The van der Waals surface area contributed by atoms with E-state index >= 15 is 0 Å². The molecule has 0 spiro atoms. The quantitative estimate of drug-likeness (QED) is 0.884. The van der Waals surface area contributed by atoms with Crippen LogP contribution in [0.25, 0.3) is 10.8 Å². The number of nitrogens with two attached hydrogens (primary N) is 1. The van der Waals surface area contributed by atoms with Gasteiger partial charge in [-0.25, -0.2) is 0 Å². The van der Waals surface area contributed by atoms with Crippen LogP contribution >= 0.6 is 15.9 Å². The summed E-state index contributed by atoms with van der Waals surface area (Å²) in [6.45, 7) is 1.96. The highest BCUT2D eigenvalue weighted by molar-refractivity contribution is 9.10. The Bertz CT molecular complexity index is 692. The molecule has 1 aromatic heterocycles. The van der Waals surface area contributed by atoms with Crippen molar-refractivity contribution in [2.45, 2.75) is 38.1 Å². The molecule has 0 radical (unpaired) electrons. The second kappa shape index (κ2) is 5.82. The number of hydrogen-bond acceptors (Lipinski definition) is 3. The first kappa shape index (κ1) is 14.5. The maximum Gasteiger partial charge on any atom is 0.0463 e. The SMILES string of the molecule is NCC1CCC(N2CCc3cncc4cc(Br)cc2c34)CC1. The van der Waals surface area contributed by atoms with E-state index in [0.717, 1.165) is 29.9 Å². The highest BCUT2D eigenvalue weighted by Gasteiger charge is 2.29. The molecule has 1 aliphatic carbocycles. The second-order valence-electron chi connectivity index (χ2n) is 6.68. The Morgan fingerprint density at radius 2 is 2.00 bits per heavy atom. The van der Waals surface area contributed by atoms with Crippen LogP contribution < -0.4 is 10.6 Å². The maximum atomic E-state index is 5.85. The Morgan fingerprint density at radius 3 is 2.77 bits per heavy atom. The van der Waals surface area contributed by atoms with Crippen LogP contribution in [0.3, 0.4) is 0 Å². The van der Waals surface area contributed by atoms with E-state index in [-0.39, 0.29) is 0 Å². The van der Waals surface area contributed by atoms with Crippen molar-refractivity contribution in [3.05, 3.63) is 34.6 Å². The molecular formula is C18H22BrN3. The molecular weight excluding hydrogens is 338 g/mol. The lowest BCUT2D eigenvalue weighted by atomic mass is 9.84. The van der Waals surface area contributed by atoms with E-state index < -0.39 is 0 Å². The lowest BCUT2D eigenvalue weighted by Crippen LogP contribution is -2.42. The summed E-state index contributed by atoms with van der Waals surface area (Å²) in [6, 6.07) is 5.14. The molecule has 1 fully saturated rings. The number of nitrogens with zero attached hydrogens (tertiary/aromatic N) is 2. The van der Waals surface area contributed by atoms with Gasteiger partial charge >= 0.3 is 0 Å². The summed E-state index contributed by atoms with van der Waals surface area (Å²) < 4.78 is 1.15. The molecule has 2 aliphatic rings. The first-order valence-corrected chi connectivity index (χ1v) is 9.08. The average Bonchev–Trinajstić information content (AvgIpc) is 2.55. The van der Waals surface area contributed by atoms with Crippen LogP contribution in [-0.2, 0) is 6.42 Å². The molecule has 4 heteroatoms.